The number of nitrogens with zero attached hydrogens (tertiary/aromatic N) is 1. The summed E-state index contributed by atoms with van der Waals surface area (Å²) in [5, 5.41) is 0. The average molecular weight is 296 g/mol. The molecule has 0 bridgehead atoms. The van der Waals surface area contributed by atoms with Crippen molar-refractivity contribution in [3.63, 3.8) is 0 Å². The molecule has 1 aliphatic rings. The van der Waals surface area contributed by atoms with Crippen LogP contribution in [0.5, 0.6) is 0 Å². The van der Waals surface area contributed by atoms with Crippen molar-refractivity contribution < 1.29 is 4.79 Å². The van der Waals surface area contributed by atoms with E-state index in [4.69, 9.17) is 0 Å². The van der Waals surface area contributed by atoms with Gasteiger partial charge in [-0.05, 0) is 31.5 Å². The van der Waals surface area contributed by atoms with Crippen LogP contribution in [0.3, 0.4) is 0 Å². The Morgan fingerprint density at radius 1 is 1.35 bits per heavy atom. The maximum atomic E-state index is 12.0. The molecule has 1 aromatic carbocycles. The Hall–Kier alpha value is -0.670. The third-order valence-corrected chi connectivity index (χ3v) is 3.79. The fraction of sp³-hybridized carbons (Fsp3) is 0.500. The Bertz CT molecular complexity index is 384. The van der Waals surface area contributed by atoms with E-state index in [1.54, 1.807) is 0 Å². The number of halogens is 1. The largest absolute Gasteiger partial charge is 0.300 e. The van der Waals surface area contributed by atoms with Crippen LogP contribution in [0.2, 0.25) is 0 Å². The van der Waals surface area contributed by atoms with Crippen molar-refractivity contribution in [2.24, 2.45) is 0 Å². The van der Waals surface area contributed by atoms with Gasteiger partial charge in [-0.1, -0.05) is 35.0 Å². The van der Waals surface area contributed by atoms with Crippen LogP contribution in [0.1, 0.15) is 36.5 Å². The van der Waals surface area contributed by atoms with Crippen molar-refractivity contribution in [3.05, 3.63) is 34.3 Å². The molecule has 0 aliphatic heterocycles. The summed E-state index contributed by atoms with van der Waals surface area (Å²) >= 11 is 3.38. The first-order chi connectivity index (χ1) is 8.20. The quantitative estimate of drug-likeness (QED) is 0.749. The molecular weight excluding hydrogens is 278 g/mol. The lowest BCUT2D eigenvalue weighted by molar-refractivity contribution is 0.0963. The molecule has 0 aromatic heterocycles. The van der Waals surface area contributed by atoms with E-state index in [0.717, 1.165) is 29.2 Å². The monoisotopic (exact) mass is 295 g/mol. The first-order valence-corrected chi connectivity index (χ1v) is 7.03. The summed E-state index contributed by atoms with van der Waals surface area (Å²) in [7, 11) is 0. The van der Waals surface area contributed by atoms with Crippen LogP contribution in [0.4, 0.5) is 0 Å². The number of ketones is 1. The highest BCUT2D eigenvalue weighted by Crippen LogP contribution is 2.26. The summed E-state index contributed by atoms with van der Waals surface area (Å²) in [5.41, 5.74) is 0.819. The van der Waals surface area contributed by atoms with Crippen LogP contribution < -0.4 is 0 Å². The van der Waals surface area contributed by atoms with Gasteiger partial charge in [-0.2, -0.15) is 0 Å². The molecule has 0 atom stereocenters. The molecule has 0 N–H and O–H groups in total. The number of Topliss-reactive ketones (excluding diaryl/α,β-unsaturated/α-hetero) is 1. The topological polar surface area (TPSA) is 20.3 Å². The number of carbonyl (C=O) groups is 1. The molecule has 1 saturated carbocycles. The van der Waals surface area contributed by atoms with Crippen molar-refractivity contribution in [3.8, 4) is 0 Å². The number of hydrogen-bond donors (Lipinski definition) is 0. The van der Waals surface area contributed by atoms with Gasteiger partial charge in [-0.15, -0.1) is 0 Å². The Balaban J connectivity index is 1.86. The lowest BCUT2D eigenvalue weighted by atomic mass is 10.1. The van der Waals surface area contributed by atoms with Crippen LogP contribution in [0, 0.1) is 0 Å². The van der Waals surface area contributed by atoms with E-state index in [0.29, 0.717) is 6.42 Å². The lowest BCUT2D eigenvalue weighted by Crippen LogP contribution is -2.28. The Labute approximate surface area is 111 Å². The van der Waals surface area contributed by atoms with Crippen LogP contribution >= 0.6 is 15.9 Å². The summed E-state index contributed by atoms with van der Waals surface area (Å²) in [6.45, 7) is 4.12. The molecule has 0 amide bonds. The Morgan fingerprint density at radius 2 is 2.00 bits per heavy atom. The highest BCUT2D eigenvalue weighted by atomic mass is 79.9. The van der Waals surface area contributed by atoms with Crippen molar-refractivity contribution in [1.82, 2.24) is 4.90 Å². The van der Waals surface area contributed by atoms with Gasteiger partial charge in [-0.3, -0.25) is 4.79 Å². The van der Waals surface area contributed by atoms with Gasteiger partial charge in [0.15, 0.2) is 5.78 Å². The maximum absolute atomic E-state index is 12.0. The fourth-order valence-corrected chi connectivity index (χ4v) is 2.33. The molecule has 0 spiro atoms. The fourth-order valence-electron chi connectivity index (χ4n) is 2.06. The minimum atomic E-state index is 0.247. The van der Waals surface area contributed by atoms with Gasteiger partial charge in [0, 0.05) is 29.0 Å². The van der Waals surface area contributed by atoms with E-state index in [1.807, 2.05) is 24.3 Å². The van der Waals surface area contributed by atoms with Gasteiger partial charge in [0.1, 0.15) is 0 Å². The second kappa shape index (κ2) is 5.78. The maximum Gasteiger partial charge on any atom is 0.164 e. The van der Waals surface area contributed by atoms with Gasteiger partial charge in [-0.25, -0.2) is 0 Å². The minimum Gasteiger partial charge on any atom is -0.300 e. The number of benzene rings is 1. The van der Waals surface area contributed by atoms with E-state index in [9.17, 15) is 4.79 Å². The molecule has 0 heterocycles. The number of carbonyl (C=O) groups excluding carboxylic acids is 1. The number of hydrogen-bond acceptors (Lipinski definition) is 2. The molecule has 0 saturated heterocycles. The van der Waals surface area contributed by atoms with Crippen LogP contribution in [-0.4, -0.2) is 29.8 Å². The number of rotatable bonds is 6. The third kappa shape index (κ3) is 3.65. The van der Waals surface area contributed by atoms with Crippen molar-refractivity contribution >= 4 is 21.7 Å². The van der Waals surface area contributed by atoms with Gasteiger partial charge in [0.05, 0.1) is 0 Å². The summed E-state index contributed by atoms with van der Waals surface area (Å²) < 4.78 is 1.02. The normalized spacial score (nSPS) is 15.2. The molecular formula is C14H18BrNO. The Kier molecular flexibility index (Phi) is 4.35. The highest BCUT2D eigenvalue weighted by molar-refractivity contribution is 9.10. The van der Waals surface area contributed by atoms with E-state index >= 15 is 0 Å². The molecule has 2 nitrogen and oxygen atoms in total. The lowest BCUT2D eigenvalue weighted by Gasteiger charge is -2.18. The van der Waals surface area contributed by atoms with E-state index in [1.165, 1.54) is 12.8 Å². The smallest absolute Gasteiger partial charge is 0.164 e. The standard InChI is InChI=1S/C14H18BrNO/c1-2-16(13-7-8-13)10-9-14(17)11-3-5-12(15)6-4-11/h3-6,13H,2,7-10H2,1H3. The zero-order valence-corrected chi connectivity index (χ0v) is 11.7. The van der Waals surface area contributed by atoms with Crippen molar-refractivity contribution in [2.75, 3.05) is 13.1 Å². The zero-order chi connectivity index (χ0) is 12.3. The highest BCUT2D eigenvalue weighted by Gasteiger charge is 2.27. The van der Waals surface area contributed by atoms with E-state index in [-0.39, 0.29) is 5.78 Å². The van der Waals surface area contributed by atoms with Crippen LogP contribution in [-0.2, 0) is 0 Å². The SMILES string of the molecule is CCN(CCC(=O)c1ccc(Br)cc1)C1CC1. The second-order valence-electron chi connectivity index (χ2n) is 4.54. The predicted molar refractivity (Wildman–Crippen MR) is 73.4 cm³/mol. The predicted octanol–water partition coefficient (Wildman–Crippen LogP) is 3.51. The molecule has 0 radical (unpaired) electrons. The Morgan fingerprint density at radius 3 is 2.53 bits per heavy atom. The van der Waals surface area contributed by atoms with Crippen LogP contribution in [0.25, 0.3) is 0 Å². The molecule has 2 rings (SSSR count). The van der Waals surface area contributed by atoms with Crippen LogP contribution in [0.15, 0.2) is 28.7 Å². The first kappa shape index (κ1) is 12.8. The molecule has 3 heteroatoms. The van der Waals surface area contributed by atoms with Crippen molar-refractivity contribution in [1.29, 1.82) is 0 Å². The molecule has 92 valence electrons. The minimum absolute atomic E-state index is 0.247. The van der Waals surface area contributed by atoms with Crippen molar-refractivity contribution in [2.45, 2.75) is 32.2 Å². The molecule has 17 heavy (non-hydrogen) atoms. The molecule has 1 aromatic rings. The molecule has 0 unspecified atom stereocenters. The van der Waals surface area contributed by atoms with Gasteiger partial charge in [0.2, 0.25) is 0 Å². The average Bonchev–Trinajstić information content (AvgIpc) is 3.15. The zero-order valence-electron chi connectivity index (χ0n) is 10.2. The third-order valence-electron chi connectivity index (χ3n) is 3.26. The summed E-state index contributed by atoms with van der Waals surface area (Å²) in [5.74, 6) is 0.247. The van der Waals surface area contributed by atoms with Gasteiger partial charge >= 0.3 is 0 Å². The summed E-state index contributed by atoms with van der Waals surface area (Å²) in [6, 6.07) is 8.37. The second-order valence-corrected chi connectivity index (χ2v) is 5.46. The van der Waals surface area contributed by atoms with Gasteiger partial charge < -0.3 is 4.90 Å². The summed E-state index contributed by atoms with van der Waals surface area (Å²) in [6.07, 6.45) is 3.24. The summed E-state index contributed by atoms with van der Waals surface area (Å²) in [4.78, 5) is 14.4. The first-order valence-electron chi connectivity index (χ1n) is 6.23. The van der Waals surface area contributed by atoms with Gasteiger partial charge in [0.25, 0.3) is 0 Å². The van der Waals surface area contributed by atoms with E-state index in [2.05, 4.69) is 27.8 Å². The molecule has 1 fully saturated rings. The molecule has 1 aliphatic carbocycles. The van der Waals surface area contributed by atoms with E-state index < -0.39 is 0 Å².